The van der Waals surface area contributed by atoms with Crippen LogP contribution < -0.4 is 10.5 Å². The number of hydrogen-bond donors (Lipinski definition) is 1. The molecule has 0 atom stereocenters. The van der Waals surface area contributed by atoms with Crippen LogP contribution in [0.1, 0.15) is 33.6 Å². The molecular formula is C25H23ClN2O3. The molecule has 1 fully saturated rings. The molecule has 0 unspecified atom stereocenters. The molecule has 158 valence electrons. The molecule has 4 rings (SSSR count). The quantitative estimate of drug-likeness (QED) is 0.627. The van der Waals surface area contributed by atoms with Gasteiger partial charge in [0, 0.05) is 42.1 Å². The standard InChI is InChI=1S/C25H23ClN2O3/c26-21-9-11-22(12-10-21)31-23-13-15-28(16-14-23)25(30)20-7-3-18(4-8-20)17-1-5-19(6-2-17)24(27)29/h1-12,23H,13-16H2,(H2,27,29). The number of primary amides is 1. The first kappa shape index (κ1) is 20.9. The number of hydrogen-bond acceptors (Lipinski definition) is 3. The Kier molecular flexibility index (Phi) is 6.23. The van der Waals surface area contributed by atoms with E-state index in [4.69, 9.17) is 22.1 Å². The summed E-state index contributed by atoms with van der Waals surface area (Å²) < 4.78 is 6.01. The molecule has 0 bridgehead atoms. The van der Waals surface area contributed by atoms with E-state index in [0.717, 1.165) is 29.7 Å². The first-order chi connectivity index (χ1) is 15.0. The molecule has 0 radical (unpaired) electrons. The van der Waals surface area contributed by atoms with Gasteiger partial charge in [-0.1, -0.05) is 35.9 Å². The third-order valence-electron chi connectivity index (χ3n) is 5.48. The molecule has 0 aromatic heterocycles. The molecule has 5 nitrogen and oxygen atoms in total. The molecule has 31 heavy (non-hydrogen) atoms. The van der Waals surface area contributed by atoms with Crippen molar-refractivity contribution in [2.24, 2.45) is 5.73 Å². The summed E-state index contributed by atoms with van der Waals surface area (Å²) >= 11 is 5.91. The van der Waals surface area contributed by atoms with Crippen molar-refractivity contribution in [3.8, 4) is 16.9 Å². The van der Waals surface area contributed by atoms with Crippen molar-refractivity contribution >= 4 is 23.4 Å². The minimum atomic E-state index is -0.449. The number of amides is 2. The van der Waals surface area contributed by atoms with Gasteiger partial charge in [-0.3, -0.25) is 9.59 Å². The molecule has 1 aliphatic rings. The lowest BCUT2D eigenvalue weighted by Gasteiger charge is -2.32. The summed E-state index contributed by atoms with van der Waals surface area (Å²) in [6.45, 7) is 1.32. The van der Waals surface area contributed by atoms with Gasteiger partial charge in [0.15, 0.2) is 0 Å². The highest BCUT2D eigenvalue weighted by atomic mass is 35.5. The Balaban J connectivity index is 1.34. The van der Waals surface area contributed by atoms with Crippen molar-refractivity contribution in [2.75, 3.05) is 13.1 Å². The first-order valence-corrected chi connectivity index (χ1v) is 10.6. The highest BCUT2D eigenvalue weighted by Gasteiger charge is 2.24. The molecule has 1 heterocycles. The average molecular weight is 435 g/mol. The predicted octanol–water partition coefficient (Wildman–Crippen LogP) is 4.79. The van der Waals surface area contributed by atoms with Gasteiger partial charge in [0.1, 0.15) is 11.9 Å². The van der Waals surface area contributed by atoms with E-state index < -0.39 is 5.91 Å². The number of halogens is 1. The van der Waals surface area contributed by atoms with Crippen molar-refractivity contribution in [1.82, 2.24) is 4.90 Å². The molecule has 0 saturated carbocycles. The number of nitrogens with two attached hydrogens (primary N) is 1. The molecule has 0 aliphatic carbocycles. The fourth-order valence-electron chi connectivity index (χ4n) is 3.70. The van der Waals surface area contributed by atoms with Crippen molar-refractivity contribution in [3.63, 3.8) is 0 Å². The van der Waals surface area contributed by atoms with E-state index in [1.54, 1.807) is 12.1 Å². The van der Waals surface area contributed by atoms with Crippen LogP contribution in [0.5, 0.6) is 5.75 Å². The minimum absolute atomic E-state index is 0.0283. The molecular weight excluding hydrogens is 412 g/mol. The van der Waals surface area contributed by atoms with Crippen LogP contribution in [0.15, 0.2) is 72.8 Å². The highest BCUT2D eigenvalue weighted by molar-refractivity contribution is 6.30. The Morgan fingerprint density at radius 2 is 1.32 bits per heavy atom. The zero-order chi connectivity index (χ0) is 21.8. The molecule has 1 saturated heterocycles. The fraction of sp³-hybridized carbons (Fsp3) is 0.200. The van der Waals surface area contributed by atoms with E-state index >= 15 is 0 Å². The van der Waals surface area contributed by atoms with Gasteiger partial charge in [0.05, 0.1) is 0 Å². The lowest BCUT2D eigenvalue weighted by molar-refractivity contribution is 0.0595. The summed E-state index contributed by atoms with van der Waals surface area (Å²) in [6.07, 6.45) is 1.67. The molecule has 3 aromatic rings. The summed E-state index contributed by atoms with van der Waals surface area (Å²) in [4.78, 5) is 26.0. The highest BCUT2D eigenvalue weighted by Crippen LogP contribution is 2.24. The third-order valence-corrected chi connectivity index (χ3v) is 5.73. The lowest BCUT2D eigenvalue weighted by Crippen LogP contribution is -2.41. The second kappa shape index (κ2) is 9.23. The Labute approximate surface area is 186 Å². The molecule has 3 aromatic carbocycles. The zero-order valence-electron chi connectivity index (χ0n) is 17.0. The van der Waals surface area contributed by atoms with Gasteiger partial charge in [0.2, 0.25) is 5.91 Å². The number of carbonyl (C=O) groups is 2. The maximum atomic E-state index is 12.9. The molecule has 2 N–H and O–H groups in total. The van der Waals surface area contributed by atoms with E-state index in [0.29, 0.717) is 29.2 Å². The van der Waals surface area contributed by atoms with Crippen molar-refractivity contribution < 1.29 is 14.3 Å². The normalized spacial score (nSPS) is 14.3. The van der Waals surface area contributed by atoms with Crippen LogP contribution in [0.3, 0.4) is 0 Å². The van der Waals surface area contributed by atoms with Gasteiger partial charge < -0.3 is 15.4 Å². The van der Waals surface area contributed by atoms with E-state index in [2.05, 4.69) is 0 Å². The van der Waals surface area contributed by atoms with Gasteiger partial charge in [-0.05, 0) is 59.7 Å². The van der Waals surface area contributed by atoms with Crippen LogP contribution in [0, 0.1) is 0 Å². The minimum Gasteiger partial charge on any atom is -0.490 e. The number of carbonyl (C=O) groups excluding carboxylic acids is 2. The number of nitrogens with zero attached hydrogens (tertiary/aromatic N) is 1. The number of benzene rings is 3. The molecule has 2 amide bonds. The predicted molar refractivity (Wildman–Crippen MR) is 121 cm³/mol. The Morgan fingerprint density at radius 1 is 0.806 bits per heavy atom. The van der Waals surface area contributed by atoms with Gasteiger partial charge in [-0.2, -0.15) is 0 Å². The summed E-state index contributed by atoms with van der Waals surface area (Å²) in [7, 11) is 0. The van der Waals surface area contributed by atoms with Crippen LogP contribution in [-0.4, -0.2) is 35.9 Å². The monoisotopic (exact) mass is 434 g/mol. The van der Waals surface area contributed by atoms with Crippen LogP contribution >= 0.6 is 11.6 Å². The zero-order valence-corrected chi connectivity index (χ0v) is 17.7. The summed E-state index contributed by atoms with van der Waals surface area (Å²) in [6, 6.07) is 22.0. The van der Waals surface area contributed by atoms with Gasteiger partial charge >= 0.3 is 0 Å². The Hall–Kier alpha value is -3.31. The molecule has 6 heteroatoms. The fourth-order valence-corrected chi connectivity index (χ4v) is 3.82. The van der Waals surface area contributed by atoms with E-state index in [1.807, 2.05) is 65.6 Å². The lowest BCUT2D eigenvalue weighted by atomic mass is 10.0. The van der Waals surface area contributed by atoms with Gasteiger partial charge in [-0.15, -0.1) is 0 Å². The largest absolute Gasteiger partial charge is 0.490 e. The summed E-state index contributed by atoms with van der Waals surface area (Å²) in [5, 5.41) is 0.682. The van der Waals surface area contributed by atoms with Crippen molar-refractivity contribution in [2.45, 2.75) is 18.9 Å². The SMILES string of the molecule is NC(=O)c1ccc(-c2ccc(C(=O)N3CCC(Oc4ccc(Cl)cc4)CC3)cc2)cc1. The number of rotatable bonds is 5. The van der Waals surface area contributed by atoms with Crippen molar-refractivity contribution in [1.29, 1.82) is 0 Å². The van der Waals surface area contributed by atoms with Gasteiger partial charge in [0.25, 0.3) is 5.91 Å². The van der Waals surface area contributed by atoms with E-state index in [-0.39, 0.29) is 12.0 Å². The molecule has 0 spiro atoms. The summed E-state index contributed by atoms with van der Waals surface area (Å²) in [5.74, 6) is 0.379. The second-order valence-electron chi connectivity index (χ2n) is 7.58. The molecule has 1 aliphatic heterocycles. The Bertz CT molecular complexity index is 1060. The average Bonchev–Trinajstić information content (AvgIpc) is 2.81. The smallest absolute Gasteiger partial charge is 0.253 e. The maximum Gasteiger partial charge on any atom is 0.253 e. The number of piperidine rings is 1. The van der Waals surface area contributed by atoms with E-state index in [9.17, 15) is 9.59 Å². The van der Waals surface area contributed by atoms with Crippen LogP contribution in [0.25, 0.3) is 11.1 Å². The number of likely N-dealkylation sites (tertiary alicyclic amines) is 1. The Morgan fingerprint density at radius 3 is 1.84 bits per heavy atom. The second-order valence-corrected chi connectivity index (χ2v) is 8.02. The van der Waals surface area contributed by atoms with Crippen LogP contribution in [0.4, 0.5) is 0 Å². The van der Waals surface area contributed by atoms with E-state index in [1.165, 1.54) is 0 Å². The van der Waals surface area contributed by atoms with Crippen molar-refractivity contribution in [3.05, 3.63) is 88.9 Å². The maximum absolute atomic E-state index is 12.9. The van der Waals surface area contributed by atoms with Gasteiger partial charge in [-0.25, -0.2) is 0 Å². The number of ether oxygens (including phenoxy) is 1. The topological polar surface area (TPSA) is 72.6 Å². The third kappa shape index (κ3) is 5.06. The first-order valence-electron chi connectivity index (χ1n) is 10.2. The van der Waals surface area contributed by atoms with Crippen LogP contribution in [-0.2, 0) is 0 Å². The summed E-state index contributed by atoms with van der Waals surface area (Å²) in [5.41, 5.74) is 8.36. The van der Waals surface area contributed by atoms with Crippen LogP contribution in [0.2, 0.25) is 5.02 Å².